The van der Waals surface area contributed by atoms with Crippen LogP contribution in [0.1, 0.15) is 38.2 Å². The van der Waals surface area contributed by atoms with E-state index in [4.69, 9.17) is 4.74 Å². The molecule has 1 N–H and O–H groups in total. The number of carbonyl (C=O) groups is 1. The number of aliphatic hydroxyl groups excluding tert-OH is 1. The van der Waals surface area contributed by atoms with Crippen LogP contribution in [0.25, 0.3) is 0 Å². The smallest absolute Gasteiger partial charge is 0.240 e. The summed E-state index contributed by atoms with van der Waals surface area (Å²) in [5, 5.41) is 9.39. The van der Waals surface area contributed by atoms with Crippen molar-refractivity contribution in [2.75, 3.05) is 33.4 Å². The second-order valence-electron chi connectivity index (χ2n) is 6.41. The number of hydrogen-bond donors (Lipinski definition) is 1. The molecule has 24 heavy (non-hydrogen) atoms. The summed E-state index contributed by atoms with van der Waals surface area (Å²) in [7, 11) is 2.03. The first-order valence-electron chi connectivity index (χ1n) is 8.97. The molecule has 1 heterocycles. The molecule has 0 unspecified atom stereocenters. The van der Waals surface area contributed by atoms with E-state index in [-0.39, 0.29) is 18.6 Å². The number of rotatable bonds is 7. The summed E-state index contributed by atoms with van der Waals surface area (Å²) >= 11 is 0. The Bertz CT molecular complexity index is 521. The topological polar surface area (TPSA) is 53.0 Å². The highest BCUT2D eigenvalue weighted by molar-refractivity contribution is 5.82. The van der Waals surface area contributed by atoms with Gasteiger partial charge in [0.25, 0.3) is 0 Å². The molecule has 1 saturated heterocycles. The molecule has 2 rings (SSSR count). The Morgan fingerprint density at radius 2 is 2.21 bits per heavy atom. The number of hydrogen-bond acceptors (Lipinski definition) is 4. The monoisotopic (exact) mass is 334 g/mol. The van der Waals surface area contributed by atoms with Crippen molar-refractivity contribution in [2.24, 2.45) is 0 Å². The number of aliphatic hydroxyl groups is 1. The van der Waals surface area contributed by atoms with E-state index in [0.29, 0.717) is 19.7 Å². The fourth-order valence-electron chi connectivity index (χ4n) is 3.28. The van der Waals surface area contributed by atoms with E-state index in [1.165, 1.54) is 6.42 Å². The van der Waals surface area contributed by atoms with Crippen molar-refractivity contribution in [3.8, 4) is 5.75 Å². The molecule has 0 aromatic heterocycles. The number of amides is 1. The molecular weight excluding hydrogens is 304 g/mol. The van der Waals surface area contributed by atoms with Crippen LogP contribution >= 0.6 is 0 Å². The molecule has 5 nitrogen and oxygen atoms in total. The molecule has 1 fully saturated rings. The number of ether oxygens (including phenoxy) is 1. The van der Waals surface area contributed by atoms with Gasteiger partial charge in [-0.25, -0.2) is 0 Å². The second-order valence-corrected chi connectivity index (χ2v) is 6.41. The highest BCUT2D eigenvalue weighted by atomic mass is 16.5. The third-order valence-corrected chi connectivity index (χ3v) is 4.57. The zero-order valence-corrected chi connectivity index (χ0v) is 14.9. The third kappa shape index (κ3) is 5.21. The predicted octanol–water partition coefficient (Wildman–Crippen LogP) is 2.28. The highest BCUT2D eigenvalue weighted by Crippen LogP contribution is 2.20. The first-order valence-corrected chi connectivity index (χ1v) is 8.97. The van der Waals surface area contributed by atoms with E-state index in [1.807, 2.05) is 38.2 Å². The van der Waals surface area contributed by atoms with Crippen LogP contribution in [0.3, 0.4) is 0 Å². The summed E-state index contributed by atoms with van der Waals surface area (Å²) in [6.07, 6.45) is 4.32. The van der Waals surface area contributed by atoms with Crippen LogP contribution in [-0.4, -0.2) is 60.2 Å². The van der Waals surface area contributed by atoms with Gasteiger partial charge in [-0.3, -0.25) is 9.69 Å². The second kappa shape index (κ2) is 9.64. The minimum absolute atomic E-state index is 0.0205. The van der Waals surface area contributed by atoms with E-state index >= 15 is 0 Å². The lowest BCUT2D eigenvalue weighted by molar-refractivity contribution is -0.137. The maximum Gasteiger partial charge on any atom is 0.240 e. The summed E-state index contributed by atoms with van der Waals surface area (Å²) in [4.78, 5) is 16.9. The summed E-state index contributed by atoms with van der Waals surface area (Å²) in [5.41, 5.74) is 1.03. The number of likely N-dealkylation sites (N-methyl/N-ethyl adjacent to an activating group) is 1. The SMILES string of the molecule is CCOc1cccc(CN(CCO)C(=O)[C@@H]2CCCCCN2C)c1. The largest absolute Gasteiger partial charge is 0.494 e. The molecule has 5 heteroatoms. The molecule has 134 valence electrons. The van der Waals surface area contributed by atoms with Gasteiger partial charge in [0.2, 0.25) is 5.91 Å². The Hall–Kier alpha value is -1.59. The number of benzene rings is 1. The normalized spacial score (nSPS) is 18.9. The van der Waals surface area contributed by atoms with Crippen LogP contribution in [0, 0.1) is 0 Å². The Kier molecular flexibility index (Phi) is 7.53. The van der Waals surface area contributed by atoms with Gasteiger partial charge in [-0.05, 0) is 51.1 Å². The summed E-state index contributed by atoms with van der Waals surface area (Å²) in [5.74, 6) is 0.938. The van der Waals surface area contributed by atoms with Crippen LogP contribution < -0.4 is 4.74 Å². The first kappa shape index (κ1) is 18.7. The minimum atomic E-state index is -0.0749. The van der Waals surface area contributed by atoms with Gasteiger partial charge in [0.1, 0.15) is 5.75 Å². The Balaban J connectivity index is 2.09. The summed E-state index contributed by atoms with van der Waals surface area (Å²) in [6.45, 7) is 4.38. The predicted molar refractivity (Wildman–Crippen MR) is 95.0 cm³/mol. The zero-order chi connectivity index (χ0) is 17.4. The van der Waals surface area contributed by atoms with Crippen molar-refractivity contribution in [1.29, 1.82) is 0 Å². The lowest BCUT2D eigenvalue weighted by Gasteiger charge is -2.31. The molecule has 1 aliphatic rings. The summed E-state index contributed by atoms with van der Waals surface area (Å²) < 4.78 is 5.54. The molecule has 0 radical (unpaired) electrons. The minimum Gasteiger partial charge on any atom is -0.494 e. The van der Waals surface area contributed by atoms with Gasteiger partial charge in [-0.1, -0.05) is 25.0 Å². The maximum absolute atomic E-state index is 13.0. The van der Waals surface area contributed by atoms with E-state index < -0.39 is 0 Å². The zero-order valence-electron chi connectivity index (χ0n) is 14.9. The molecule has 0 bridgehead atoms. The molecule has 1 aliphatic heterocycles. The average molecular weight is 334 g/mol. The van der Waals surface area contributed by atoms with Crippen molar-refractivity contribution >= 4 is 5.91 Å². The van der Waals surface area contributed by atoms with Crippen LogP contribution in [0.4, 0.5) is 0 Å². The van der Waals surface area contributed by atoms with Crippen LogP contribution in [0.5, 0.6) is 5.75 Å². The molecule has 0 spiro atoms. The third-order valence-electron chi connectivity index (χ3n) is 4.57. The van der Waals surface area contributed by atoms with E-state index in [2.05, 4.69) is 4.90 Å². The molecule has 1 atom stereocenters. The van der Waals surface area contributed by atoms with Crippen LogP contribution in [-0.2, 0) is 11.3 Å². The van der Waals surface area contributed by atoms with Crippen molar-refractivity contribution in [2.45, 2.75) is 45.2 Å². The lowest BCUT2D eigenvalue weighted by Crippen LogP contribution is -2.47. The number of likely N-dealkylation sites (tertiary alicyclic amines) is 1. The van der Waals surface area contributed by atoms with E-state index in [9.17, 15) is 9.90 Å². The van der Waals surface area contributed by atoms with E-state index in [1.54, 1.807) is 4.90 Å². The Morgan fingerprint density at radius 1 is 1.38 bits per heavy atom. The highest BCUT2D eigenvalue weighted by Gasteiger charge is 2.28. The van der Waals surface area contributed by atoms with Gasteiger partial charge in [0, 0.05) is 13.1 Å². The quantitative estimate of drug-likeness (QED) is 0.831. The maximum atomic E-state index is 13.0. The molecular formula is C19H30N2O3. The van der Waals surface area contributed by atoms with Gasteiger partial charge in [0.15, 0.2) is 0 Å². The average Bonchev–Trinajstić information content (AvgIpc) is 2.79. The van der Waals surface area contributed by atoms with Crippen molar-refractivity contribution in [3.05, 3.63) is 29.8 Å². The van der Waals surface area contributed by atoms with Gasteiger partial charge >= 0.3 is 0 Å². The Morgan fingerprint density at radius 3 is 2.96 bits per heavy atom. The van der Waals surface area contributed by atoms with Crippen LogP contribution in [0.15, 0.2) is 24.3 Å². The fourth-order valence-corrected chi connectivity index (χ4v) is 3.28. The van der Waals surface area contributed by atoms with Gasteiger partial charge in [-0.2, -0.15) is 0 Å². The van der Waals surface area contributed by atoms with Crippen LogP contribution in [0.2, 0.25) is 0 Å². The lowest BCUT2D eigenvalue weighted by atomic mass is 10.1. The van der Waals surface area contributed by atoms with Crippen molar-refractivity contribution in [3.63, 3.8) is 0 Å². The number of carbonyl (C=O) groups excluding carboxylic acids is 1. The number of nitrogens with zero attached hydrogens (tertiary/aromatic N) is 2. The van der Waals surface area contributed by atoms with Crippen molar-refractivity contribution in [1.82, 2.24) is 9.80 Å². The molecule has 1 amide bonds. The van der Waals surface area contributed by atoms with Gasteiger partial charge in [-0.15, -0.1) is 0 Å². The standard InChI is InChI=1S/C19H30N2O3/c1-3-24-17-9-7-8-16(14-17)15-21(12-13-22)19(23)18-10-5-4-6-11-20(18)2/h7-9,14,18,22H,3-6,10-13,15H2,1-2H3/t18-/m0/s1. The van der Waals surface area contributed by atoms with Crippen molar-refractivity contribution < 1.29 is 14.6 Å². The van der Waals surface area contributed by atoms with Gasteiger partial charge < -0.3 is 14.7 Å². The fraction of sp³-hybridized carbons (Fsp3) is 0.632. The van der Waals surface area contributed by atoms with Gasteiger partial charge in [0.05, 0.1) is 19.3 Å². The van der Waals surface area contributed by atoms with E-state index in [0.717, 1.165) is 37.1 Å². The Labute approximate surface area is 145 Å². The molecule has 1 aromatic rings. The molecule has 0 saturated carbocycles. The molecule has 1 aromatic carbocycles. The summed E-state index contributed by atoms with van der Waals surface area (Å²) in [6, 6.07) is 7.76. The molecule has 0 aliphatic carbocycles. The first-order chi connectivity index (χ1) is 11.7.